The minimum atomic E-state index is -0.404. The Morgan fingerprint density at radius 1 is 1.00 bits per heavy atom. The van der Waals surface area contributed by atoms with E-state index in [0.717, 1.165) is 22.0 Å². The number of hydrogen-bond acceptors (Lipinski definition) is 4. The minimum Gasteiger partial charge on any atom is -0.265 e. The van der Waals surface area contributed by atoms with E-state index in [4.69, 9.17) is 0 Å². The molecule has 0 spiro atoms. The Morgan fingerprint density at radius 2 is 1.79 bits per heavy atom. The number of benzene rings is 1. The number of hydrogen-bond donors (Lipinski definition) is 0. The third kappa shape index (κ3) is 2.13. The van der Waals surface area contributed by atoms with E-state index in [-0.39, 0.29) is 5.69 Å². The molecule has 3 aromatic rings. The van der Waals surface area contributed by atoms with E-state index in [0.29, 0.717) is 0 Å². The van der Waals surface area contributed by atoms with Crippen LogP contribution in [-0.2, 0) is 0 Å². The number of nitrogens with zero attached hydrogens (tertiary/aromatic N) is 3. The highest BCUT2D eigenvalue weighted by Gasteiger charge is 2.07. The smallest absolute Gasteiger partial charge is 0.265 e. The van der Waals surface area contributed by atoms with E-state index >= 15 is 0 Å². The SMILES string of the molecule is O=[N+]([O-])c1ccc2ncc(-c3ccncc3)cc2c1. The molecule has 1 aromatic carbocycles. The van der Waals surface area contributed by atoms with Crippen molar-refractivity contribution in [2.45, 2.75) is 0 Å². The normalized spacial score (nSPS) is 10.5. The van der Waals surface area contributed by atoms with Crippen molar-refractivity contribution in [3.05, 3.63) is 65.1 Å². The zero-order valence-electron chi connectivity index (χ0n) is 9.85. The van der Waals surface area contributed by atoms with Crippen molar-refractivity contribution in [2.75, 3.05) is 0 Å². The van der Waals surface area contributed by atoms with Crippen LogP contribution in [0.2, 0.25) is 0 Å². The molecule has 0 atom stereocenters. The van der Waals surface area contributed by atoms with E-state index in [9.17, 15) is 10.1 Å². The van der Waals surface area contributed by atoms with E-state index in [1.54, 1.807) is 24.7 Å². The van der Waals surface area contributed by atoms with Crippen molar-refractivity contribution < 1.29 is 4.92 Å². The van der Waals surface area contributed by atoms with Gasteiger partial charge >= 0.3 is 0 Å². The van der Waals surface area contributed by atoms with Crippen LogP contribution in [0.5, 0.6) is 0 Å². The van der Waals surface area contributed by atoms with Crippen molar-refractivity contribution >= 4 is 16.6 Å². The summed E-state index contributed by atoms with van der Waals surface area (Å²) in [6.07, 6.45) is 5.16. The lowest BCUT2D eigenvalue weighted by Gasteiger charge is -2.03. The Balaban J connectivity index is 2.16. The van der Waals surface area contributed by atoms with Crippen molar-refractivity contribution in [2.24, 2.45) is 0 Å². The first kappa shape index (κ1) is 11.3. The molecule has 2 aromatic heterocycles. The van der Waals surface area contributed by atoms with Gasteiger partial charge in [-0.1, -0.05) is 0 Å². The summed E-state index contributed by atoms with van der Waals surface area (Å²) >= 11 is 0. The molecule has 0 aliphatic carbocycles. The molecule has 92 valence electrons. The lowest BCUT2D eigenvalue weighted by molar-refractivity contribution is -0.384. The summed E-state index contributed by atoms with van der Waals surface area (Å²) in [6, 6.07) is 10.3. The van der Waals surface area contributed by atoms with Crippen LogP contribution in [0.15, 0.2) is 55.0 Å². The lowest BCUT2D eigenvalue weighted by atomic mass is 10.1. The molecule has 0 aliphatic heterocycles. The van der Waals surface area contributed by atoms with Crippen molar-refractivity contribution in [3.8, 4) is 11.1 Å². The van der Waals surface area contributed by atoms with Gasteiger partial charge in [0, 0.05) is 41.7 Å². The molecule has 5 nitrogen and oxygen atoms in total. The molecule has 19 heavy (non-hydrogen) atoms. The quantitative estimate of drug-likeness (QED) is 0.518. The number of aromatic nitrogens is 2. The number of non-ortho nitro benzene ring substituents is 1. The first-order chi connectivity index (χ1) is 9.24. The molecule has 0 saturated heterocycles. The summed E-state index contributed by atoms with van der Waals surface area (Å²) in [7, 11) is 0. The Hall–Kier alpha value is -2.82. The number of nitro benzene ring substituents is 1. The van der Waals surface area contributed by atoms with Gasteiger partial charge in [0.1, 0.15) is 0 Å². The van der Waals surface area contributed by atoms with Crippen LogP contribution in [0.3, 0.4) is 0 Å². The number of nitro groups is 1. The van der Waals surface area contributed by atoms with Crippen LogP contribution in [0.25, 0.3) is 22.0 Å². The second kappa shape index (κ2) is 4.45. The second-order valence-electron chi connectivity index (χ2n) is 4.09. The average molecular weight is 251 g/mol. The van der Waals surface area contributed by atoms with Gasteiger partial charge in [0.15, 0.2) is 0 Å². The largest absolute Gasteiger partial charge is 0.270 e. The van der Waals surface area contributed by atoms with Gasteiger partial charge < -0.3 is 0 Å². The fourth-order valence-corrected chi connectivity index (χ4v) is 1.93. The molecule has 0 radical (unpaired) electrons. The monoisotopic (exact) mass is 251 g/mol. The first-order valence-electron chi connectivity index (χ1n) is 5.69. The molecule has 0 unspecified atom stereocenters. The number of fused-ring (bicyclic) bond motifs is 1. The summed E-state index contributed by atoms with van der Waals surface area (Å²) in [5, 5.41) is 11.5. The summed E-state index contributed by atoms with van der Waals surface area (Å²) in [6.45, 7) is 0. The summed E-state index contributed by atoms with van der Waals surface area (Å²) in [4.78, 5) is 18.6. The highest BCUT2D eigenvalue weighted by molar-refractivity contribution is 5.85. The van der Waals surface area contributed by atoms with E-state index < -0.39 is 4.92 Å². The Bertz CT molecular complexity index is 757. The van der Waals surface area contributed by atoms with Gasteiger partial charge in [-0.25, -0.2) is 0 Å². The van der Waals surface area contributed by atoms with Crippen molar-refractivity contribution in [3.63, 3.8) is 0 Å². The second-order valence-corrected chi connectivity index (χ2v) is 4.09. The maximum atomic E-state index is 10.8. The molecule has 0 saturated carbocycles. The summed E-state index contributed by atoms with van der Waals surface area (Å²) in [5.74, 6) is 0. The number of pyridine rings is 2. The predicted molar refractivity (Wildman–Crippen MR) is 71.6 cm³/mol. The van der Waals surface area contributed by atoms with Crippen LogP contribution in [-0.4, -0.2) is 14.9 Å². The zero-order chi connectivity index (χ0) is 13.2. The van der Waals surface area contributed by atoms with Crippen LogP contribution in [0, 0.1) is 10.1 Å². The highest BCUT2D eigenvalue weighted by atomic mass is 16.6. The molecule has 2 heterocycles. The van der Waals surface area contributed by atoms with Gasteiger partial charge in [-0.15, -0.1) is 0 Å². The molecule has 0 aliphatic rings. The van der Waals surface area contributed by atoms with Crippen molar-refractivity contribution in [1.82, 2.24) is 9.97 Å². The Morgan fingerprint density at radius 3 is 2.53 bits per heavy atom. The fourth-order valence-electron chi connectivity index (χ4n) is 1.93. The van der Waals surface area contributed by atoms with Gasteiger partial charge in [0.25, 0.3) is 5.69 Å². The third-order valence-corrected chi connectivity index (χ3v) is 2.89. The molecular formula is C14H9N3O2. The lowest BCUT2D eigenvalue weighted by Crippen LogP contribution is -1.89. The fraction of sp³-hybridized carbons (Fsp3) is 0. The van der Waals surface area contributed by atoms with Gasteiger partial charge in [0.2, 0.25) is 0 Å². The highest BCUT2D eigenvalue weighted by Crippen LogP contribution is 2.24. The third-order valence-electron chi connectivity index (χ3n) is 2.89. The molecule has 0 fully saturated rings. The van der Waals surface area contributed by atoms with Gasteiger partial charge in [-0.3, -0.25) is 20.1 Å². The van der Waals surface area contributed by atoms with Crippen LogP contribution >= 0.6 is 0 Å². The summed E-state index contributed by atoms with van der Waals surface area (Å²) < 4.78 is 0. The molecule has 0 N–H and O–H groups in total. The van der Waals surface area contributed by atoms with Crippen molar-refractivity contribution in [1.29, 1.82) is 0 Å². The number of rotatable bonds is 2. The Labute approximate surface area is 108 Å². The predicted octanol–water partition coefficient (Wildman–Crippen LogP) is 3.21. The Kier molecular flexibility index (Phi) is 2.64. The topological polar surface area (TPSA) is 68.9 Å². The van der Waals surface area contributed by atoms with Gasteiger partial charge in [0.05, 0.1) is 10.4 Å². The molecule has 5 heteroatoms. The molecular weight excluding hydrogens is 242 g/mol. The van der Waals surface area contributed by atoms with E-state index in [1.165, 1.54) is 12.1 Å². The first-order valence-corrected chi connectivity index (χ1v) is 5.69. The molecule has 0 amide bonds. The minimum absolute atomic E-state index is 0.0705. The van der Waals surface area contributed by atoms with Gasteiger partial charge in [-0.2, -0.15) is 0 Å². The summed E-state index contributed by atoms with van der Waals surface area (Å²) in [5.41, 5.74) is 2.70. The maximum Gasteiger partial charge on any atom is 0.270 e. The van der Waals surface area contributed by atoms with E-state index in [1.807, 2.05) is 18.2 Å². The van der Waals surface area contributed by atoms with Crippen LogP contribution < -0.4 is 0 Å². The van der Waals surface area contributed by atoms with Crippen LogP contribution in [0.4, 0.5) is 5.69 Å². The average Bonchev–Trinajstić information content (AvgIpc) is 2.47. The van der Waals surface area contributed by atoms with Gasteiger partial charge in [-0.05, 0) is 29.8 Å². The zero-order valence-corrected chi connectivity index (χ0v) is 9.85. The van der Waals surface area contributed by atoms with E-state index in [2.05, 4.69) is 9.97 Å². The standard InChI is InChI=1S/C14H9N3O2/c18-17(19)13-1-2-14-11(8-13)7-12(9-16-14)10-3-5-15-6-4-10/h1-9H. The van der Waals surface area contributed by atoms with Crippen LogP contribution in [0.1, 0.15) is 0 Å². The molecule has 3 rings (SSSR count). The molecule has 0 bridgehead atoms. The maximum absolute atomic E-state index is 10.8.